The number of aliphatic imine (C=N–C) groups is 1. The molecular weight excluding hydrogens is 713 g/mol. The molecule has 1 aliphatic carbocycles. The maximum atomic E-state index is 12.3. The first kappa shape index (κ1) is 59.6. The largest absolute Gasteiger partial charge is 0.444 e. The van der Waals surface area contributed by atoms with Crippen LogP contribution in [0.2, 0.25) is 0 Å². The normalized spacial score (nSPS) is 11.9. The molecule has 0 saturated carbocycles. The van der Waals surface area contributed by atoms with Crippen molar-refractivity contribution in [1.82, 2.24) is 9.97 Å². The number of oxazole rings is 1. The molecule has 2 aromatic heterocycles. The Bertz CT molecular complexity index is 1530. The molecule has 0 bridgehead atoms. The number of nitrogens with one attached hydrogen (secondary N) is 1. The molecule has 1 aromatic carbocycles. The number of carbonyl (C=O) groups excluding carboxylic acids is 1. The molecule has 0 spiro atoms. The third kappa shape index (κ3) is 33.1. The highest BCUT2D eigenvalue weighted by molar-refractivity contribution is 5.92. The van der Waals surface area contributed by atoms with Gasteiger partial charge in [-0.25, -0.2) is 4.98 Å². The Morgan fingerprint density at radius 1 is 0.948 bits per heavy atom. The Morgan fingerprint density at radius 3 is 2.03 bits per heavy atom. The number of aromatic nitrogens is 2. The lowest BCUT2D eigenvalue weighted by Gasteiger charge is -2.22. The number of rotatable bonds is 13. The monoisotopic (exact) mass is 795 g/mol. The lowest BCUT2D eigenvalue weighted by molar-refractivity contribution is -0.115. The summed E-state index contributed by atoms with van der Waals surface area (Å²) in [5.41, 5.74) is 5.17. The first-order valence-electron chi connectivity index (χ1n) is 21.4. The molecule has 6 heteroatoms. The maximum absolute atomic E-state index is 12.3. The Kier molecular flexibility index (Phi) is 47.6. The lowest BCUT2D eigenvalue weighted by atomic mass is 9.83. The van der Waals surface area contributed by atoms with Crippen LogP contribution in [-0.4, -0.2) is 29.1 Å². The van der Waals surface area contributed by atoms with Gasteiger partial charge in [0.15, 0.2) is 6.39 Å². The second-order valence-electron chi connectivity index (χ2n) is 11.7. The van der Waals surface area contributed by atoms with Crippen LogP contribution in [0.4, 0.5) is 5.69 Å². The number of nitrogens with zero attached hydrogens (tertiary/aromatic N) is 3. The number of benzene rings is 1. The van der Waals surface area contributed by atoms with E-state index < -0.39 is 0 Å². The van der Waals surface area contributed by atoms with Gasteiger partial charge < -0.3 is 14.7 Å². The van der Waals surface area contributed by atoms with Crippen LogP contribution >= 0.6 is 0 Å². The summed E-state index contributed by atoms with van der Waals surface area (Å²) in [6, 6.07) is 11.6. The van der Waals surface area contributed by atoms with Crippen molar-refractivity contribution < 1.29 is 9.21 Å². The van der Waals surface area contributed by atoms with Crippen LogP contribution in [-0.2, 0) is 11.2 Å². The van der Waals surface area contributed by atoms with E-state index in [2.05, 4.69) is 90.7 Å². The fourth-order valence-electron chi connectivity index (χ4n) is 4.56. The number of anilines is 1. The van der Waals surface area contributed by atoms with Crippen molar-refractivity contribution in [2.24, 2.45) is 16.8 Å². The fraction of sp³-hybridized carbons (Fsp3) is 0.423. The van der Waals surface area contributed by atoms with Crippen LogP contribution in [0.25, 0.3) is 11.6 Å². The molecule has 0 saturated heterocycles. The first-order chi connectivity index (χ1) is 28.3. The number of pyridine rings is 1. The number of carbonyl (C=O) groups is 1. The van der Waals surface area contributed by atoms with Crippen LogP contribution in [0.15, 0.2) is 144 Å². The van der Waals surface area contributed by atoms with Crippen LogP contribution in [0.3, 0.4) is 0 Å². The molecule has 0 radical (unpaired) electrons. The minimum absolute atomic E-state index is 0.0377. The van der Waals surface area contributed by atoms with E-state index in [0.717, 1.165) is 47.4 Å². The van der Waals surface area contributed by atoms with Crippen molar-refractivity contribution in [2.75, 3.05) is 12.4 Å². The smallest absolute Gasteiger partial charge is 0.228 e. The summed E-state index contributed by atoms with van der Waals surface area (Å²) in [4.78, 5) is 24.1. The number of hydrogen-bond donors (Lipinski definition) is 1. The minimum Gasteiger partial charge on any atom is -0.444 e. The second kappa shape index (κ2) is 46.3. The van der Waals surface area contributed by atoms with Gasteiger partial charge in [-0.05, 0) is 117 Å². The summed E-state index contributed by atoms with van der Waals surface area (Å²) < 4.78 is 5.09. The van der Waals surface area contributed by atoms with E-state index in [0.29, 0.717) is 18.3 Å². The summed E-state index contributed by atoms with van der Waals surface area (Å²) in [6.07, 6.45) is 34.7. The van der Waals surface area contributed by atoms with Gasteiger partial charge >= 0.3 is 0 Å². The Labute approximate surface area is 356 Å². The topological polar surface area (TPSA) is 80.4 Å². The average Bonchev–Trinajstić information content (AvgIpc) is 3.82. The van der Waals surface area contributed by atoms with Crippen molar-refractivity contribution in [3.8, 4) is 0 Å². The predicted molar refractivity (Wildman–Crippen MR) is 262 cm³/mol. The number of allylic oxidation sites excluding steroid dienone is 11. The van der Waals surface area contributed by atoms with Crippen molar-refractivity contribution in [3.05, 3.63) is 152 Å². The highest BCUT2D eigenvalue weighted by Gasteiger charge is 2.16. The standard InChI is InChI=1S/C23H29N3O.C12H15NO.C6H8.C3H6.4C2H6/c1-17(7-6-12-24-4)18(2)19(3)21-8-5-9-22(16-21)26-23(27)15-20-10-13-25-14-11-20;1-3-5-6-11(4-2)7-8-12-9-13-10-14-12;1-2-4-6-5-3-1;1-3-2;4*1-2/h5,8-14,16-18H,3,6-7,15H2,1-2,4H3,(H,26,27);3,5-10H,4H2,1-2H3;1-4H,5-6H2;3H,1H2,2H3;4*1-2H3/b;5-3-,8-7+,11-6-;;;;;;. The summed E-state index contributed by atoms with van der Waals surface area (Å²) in [5, 5.41) is 2.98. The summed E-state index contributed by atoms with van der Waals surface area (Å²) in [7, 11) is 1.81. The zero-order chi connectivity index (χ0) is 44.8. The van der Waals surface area contributed by atoms with Crippen LogP contribution < -0.4 is 5.32 Å². The molecule has 1 amide bonds. The molecule has 3 aromatic rings. The molecule has 2 atom stereocenters. The van der Waals surface area contributed by atoms with Crippen molar-refractivity contribution in [1.29, 1.82) is 0 Å². The molecule has 1 N–H and O–H groups in total. The molecule has 0 aliphatic heterocycles. The zero-order valence-corrected chi connectivity index (χ0v) is 39.1. The van der Waals surface area contributed by atoms with Gasteiger partial charge in [0, 0.05) is 25.1 Å². The molecule has 6 nitrogen and oxygen atoms in total. The molecule has 58 heavy (non-hydrogen) atoms. The summed E-state index contributed by atoms with van der Waals surface area (Å²) in [6.45, 7) is 34.2. The first-order valence-corrected chi connectivity index (χ1v) is 21.4. The van der Waals surface area contributed by atoms with E-state index >= 15 is 0 Å². The second-order valence-corrected chi connectivity index (χ2v) is 11.7. The molecular formula is C52H82N4O2. The summed E-state index contributed by atoms with van der Waals surface area (Å²) in [5.74, 6) is 1.62. The van der Waals surface area contributed by atoms with Crippen LogP contribution in [0, 0.1) is 11.8 Å². The zero-order valence-electron chi connectivity index (χ0n) is 39.1. The number of hydrogen-bond acceptors (Lipinski definition) is 5. The van der Waals surface area contributed by atoms with Gasteiger partial charge in [0.2, 0.25) is 5.91 Å². The fourth-order valence-corrected chi connectivity index (χ4v) is 4.56. The van der Waals surface area contributed by atoms with E-state index in [-0.39, 0.29) is 5.91 Å². The van der Waals surface area contributed by atoms with Gasteiger partial charge in [0.25, 0.3) is 0 Å². The van der Waals surface area contributed by atoms with Crippen LogP contribution in [0.1, 0.15) is 139 Å². The highest BCUT2D eigenvalue weighted by atomic mass is 16.3. The SMILES string of the molecule is C1=CCCC=C1.C=C(c1cccc(NC(=O)Cc2ccncc2)c1)C(C)C(C)CCC=NC.C=CC.CC.CC.CC.CC.C\C=C/C=C(\C=C\c1cnco1)CC. The van der Waals surface area contributed by atoms with E-state index in [1.807, 2.05) is 137 Å². The maximum Gasteiger partial charge on any atom is 0.228 e. The van der Waals surface area contributed by atoms with E-state index in [1.54, 1.807) is 24.7 Å². The Balaban J connectivity index is -0.000000390. The van der Waals surface area contributed by atoms with Gasteiger partial charge in [-0.15, -0.1) is 6.58 Å². The van der Waals surface area contributed by atoms with Crippen molar-refractivity contribution in [2.45, 2.75) is 129 Å². The third-order valence-electron chi connectivity index (χ3n) is 7.68. The molecule has 2 heterocycles. The summed E-state index contributed by atoms with van der Waals surface area (Å²) >= 11 is 0. The molecule has 4 rings (SSSR count). The van der Waals surface area contributed by atoms with Gasteiger partial charge in [-0.2, -0.15) is 0 Å². The highest BCUT2D eigenvalue weighted by Crippen LogP contribution is 2.31. The average molecular weight is 795 g/mol. The molecule has 2 unspecified atom stereocenters. The van der Waals surface area contributed by atoms with Crippen molar-refractivity contribution in [3.63, 3.8) is 0 Å². The predicted octanol–water partition coefficient (Wildman–Crippen LogP) is 15.8. The number of amides is 1. The lowest BCUT2D eigenvalue weighted by Crippen LogP contribution is -2.15. The van der Waals surface area contributed by atoms with Gasteiger partial charge in [0.05, 0.1) is 12.6 Å². The van der Waals surface area contributed by atoms with Crippen LogP contribution in [0.5, 0.6) is 0 Å². The van der Waals surface area contributed by atoms with E-state index in [4.69, 9.17) is 4.42 Å². The van der Waals surface area contributed by atoms with Gasteiger partial charge in [-0.3, -0.25) is 9.78 Å². The molecule has 322 valence electrons. The van der Waals surface area contributed by atoms with Gasteiger partial charge in [-0.1, -0.05) is 150 Å². The minimum atomic E-state index is -0.0377. The third-order valence-corrected chi connectivity index (χ3v) is 7.68. The van der Waals surface area contributed by atoms with Crippen molar-refractivity contribution >= 4 is 29.5 Å². The van der Waals surface area contributed by atoms with Gasteiger partial charge in [0.1, 0.15) is 5.76 Å². The Hall–Kier alpha value is -5.10. The quantitative estimate of drug-likeness (QED) is 0.106. The Morgan fingerprint density at radius 2 is 1.55 bits per heavy atom. The molecule has 1 aliphatic rings. The van der Waals surface area contributed by atoms with E-state index in [9.17, 15) is 4.79 Å². The van der Waals surface area contributed by atoms with E-state index in [1.165, 1.54) is 24.8 Å². The molecule has 0 fully saturated rings.